The summed E-state index contributed by atoms with van der Waals surface area (Å²) in [5.74, 6) is 1.13. The SMILES string of the molecule is CC(C)C(CCO)NC(=O)NCc1ccccc1OC1CCC1. The van der Waals surface area contributed by atoms with E-state index in [1.807, 2.05) is 38.1 Å². The van der Waals surface area contributed by atoms with Crippen molar-refractivity contribution in [2.45, 2.75) is 58.2 Å². The maximum Gasteiger partial charge on any atom is 0.315 e. The minimum atomic E-state index is -0.212. The van der Waals surface area contributed by atoms with Crippen LogP contribution in [0.5, 0.6) is 5.75 Å². The van der Waals surface area contributed by atoms with Gasteiger partial charge in [-0.2, -0.15) is 0 Å². The second kappa shape index (κ2) is 8.77. The Labute approximate surface area is 138 Å². The summed E-state index contributed by atoms with van der Waals surface area (Å²) in [6.07, 6.45) is 4.33. The van der Waals surface area contributed by atoms with Gasteiger partial charge in [0, 0.05) is 24.8 Å². The zero-order valence-electron chi connectivity index (χ0n) is 14.0. The van der Waals surface area contributed by atoms with Crippen LogP contribution < -0.4 is 15.4 Å². The highest BCUT2D eigenvalue weighted by Gasteiger charge is 2.20. The van der Waals surface area contributed by atoms with Gasteiger partial charge in [-0.1, -0.05) is 32.0 Å². The molecule has 1 saturated carbocycles. The van der Waals surface area contributed by atoms with E-state index in [-0.39, 0.29) is 24.6 Å². The van der Waals surface area contributed by atoms with Gasteiger partial charge in [0.2, 0.25) is 0 Å². The number of ether oxygens (including phenoxy) is 1. The molecule has 0 spiro atoms. The molecule has 1 aromatic rings. The van der Waals surface area contributed by atoms with Gasteiger partial charge >= 0.3 is 6.03 Å². The smallest absolute Gasteiger partial charge is 0.315 e. The molecular weight excluding hydrogens is 292 g/mol. The topological polar surface area (TPSA) is 70.6 Å². The monoisotopic (exact) mass is 320 g/mol. The highest BCUT2D eigenvalue weighted by molar-refractivity contribution is 5.74. The molecule has 23 heavy (non-hydrogen) atoms. The van der Waals surface area contributed by atoms with Crippen LogP contribution in [0.25, 0.3) is 0 Å². The van der Waals surface area contributed by atoms with Crippen LogP contribution in [0.2, 0.25) is 0 Å². The number of hydrogen-bond acceptors (Lipinski definition) is 3. The van der Waals surface area contributed by atoms with Gasteiger partial charge < -0.3 is 20.5 Å². The number of rotatable bonds is 8. The maximum absolute atomic E-state index is 12.1. The van der Waals surface area contributed by atoms with Crippen molar-refractivity contribution >= 4 is 6.03 Å². The van der Waals surface area contributed by atoms with Crippen LogP contribution in [0.1, 0.15) is 45.1 Å². The van der Waals surface area contributed by atoms with Gasteiger partial charge in [0.15, 0.2) is 0 Å². The number of aliphatic hydroxyl groups excluding tert-OH is 1. The first-order chi connectivity index (χ1) is 11.1. The van der Waals surface area contributed by atoms with E-state index >= 15 is 0 Å². The van der Waals surface area contributed by atoms with E-state index in [9.17, 15) is 4.79 Å². The number of para-hydroxylation sites is 1. The molecule has 0 heterocycles. The van der Waals surface area contributed by atoms with E-state index in [1.165, 1.54) is 6.42 Å². The average molecular weight is 320 g/mol. The number of carbonyl (C=O) groups excluding carboxylic acids is 1. The van der Waals surface area contributed by atoms with Crippen molar-refractivity contribution in [3.8, 4) is 5.75 Å². The fourth-order valence-corrected chi connectivity index (χ4v) is 2.54. The van der Waals surface area contributed by atoms with Gasteiger partial charge in [-0.15, -0.1) is 0 Å². The van der Waals surface area contributed by atoms with E-state index in [0.717, 1.165) is 24.2 Å². The Balaban J connectivity index is 1.85. The van der Waals surface area contributed by atoms with Crippen LogP contribution in [-0.2, 0) is 6.54 Å². The van der Waals surface area contributed by atoms with Crippen molar-refractivity contribution in [1.29, 1.82) is 0 Å². The van der Waals surface area contributed by atoms with Gasteiger partial charge in [0.05, 0.1) is 6.10 Å². The number of aliphatic hydroxyl groups is 1. The standard InChI is InChI=1S/C18H28N2O3/c1-13(2)16(10-11-21)20-18(22)19-12-14-6-3-4-9-17(14)23-15-7-5-8-15/h3-4,6,9,13,15-16,21H,5,7-8,10-12H2,1-2H3,(H2,19,20,22). The number of hydrogen-bond donors (Lipinski definition) is 3. The van der Waals surface area contributed by atoms with Crippen molar-refractivity contribution in [3.05, 3.63) is 29.8 Å². The molecule has 1 unspecified atom stereocenters. The molecule has 0 aromatic heterocycles. The van der Waals surface area contributed by atoms with E-state index in [2.05, 4.69) is 10.6 Å². The third kappa shape index (κ3) is 5.43. The molecule has 128 valence electrons. The molecule has 0 radical (unpaired) electrons. The van der Waals surface area contributed by atoms with Crippen molar-refractivity contribution in [1.82, 2.24) is 10.6 Å². The largest absolute Gasteiger partial charge is 0.490 e. The Morgan fingerprint density at radius 3 is 2.70 bits per heavy atom. The lowest BCUT2D eigenvalue weighted by Gasteiger charge is -2.27. The molecule has 2 rings (SSSR count). The Morgan fingerprint density at radius 1 is 1.35 bits per heavy atom. The van der Waals surface area contributed by atoms with Gasteiger partial charge in [-0.05, 0) is 37.7 Å². The van der Waals surface area contributed by atoms with E-state index in [4.69, 9.17) is 9.84 Å². The van der Waals surface area contributed by atoms with E-state index in [1.54, 1.807) is 0 Å². The summed E-state index contributed by atoms with van der Waals surface area (Å²) in [6, 6.07) is 7.59. The summed E-state index contributed by atoms with van der Waals surface area (Å²) in [5.41, 5.74) is 0.984. The Morgan fingerprint density at radius 2 is 2.09 bits per heavy atom. The fraction of sp³-hybridized carbons (Fsp3) is 0.611. The molecule has 5 nitrogen and oxygen atoms in total. The fourth-order valence-electron chi connectivity index (χ4n) is 2.54. The molecule has 1 aromatic carbocycles. The summed E-state index contributed by atoms with van der Waals surface area (Å²) in [7, 11) is 0. The molecule has 5 heteroatoms. The van der Waals surface area contributed by atoms with Crippen molar-refractivity contribution in [3.63, 3.8) is 0 Å². The Bertz CT molecular complexity index is 501. The quantitative estimate of drug-likeness (QED) is 0.690. The first-order valence-electron chi connectivity index (χ1n) is 8.50. The molecule has 1 aliphatic rings. The van der Waals surface area contributed by atoms with E-state index in [0.29, 0.717) is 19.1 Å². The molecule has 0 saturated heterocycles. The lowest BCUT2D eigenvalue weighted by atomic mass is 9.96. The predicted octanol–water partition coefficient (Wildman–Crippen LogP) is 2.82. The third-order valence-corrected chi connectivity index (χ3v) is 4.32. The number of urea groups is 1. The second-order valence-electron chi connectivity index (χ2n) is 6.47. The Hall–Kier alpha value is -1.75. The minimum absolute atomic E-state index is 0.0264. The highest BCUT2D eigenvalue weighted by atomic mass is 16.5. The molecule has 3 N–H and O–H groups in total. The van der Waals surface area contributed by atoms with Crippen LogP contribution >= 0.6 is 0 Å². The molecule has 1 fully saturated rings. The summed E-state index contributed by atoms with van der Waals surface area (Å²) >= 11 is 0. The normalized spacial score (nSPS) is 15.8. The van der Waals surface area contributed by atoms with Crippen LogP contribution in [-0.4, -0.2) is 29.9 Å². The zero-order chi connectivity index (χ0) is 16.7. The first kappa shape index (κ1) is 17.6. The highest BCUT2D eigenvalue weighted by Crippen LogP contribution is 2.27. The van der Waals surface area contributed by atoms with Gasteiger partial charge in [-0.3, -0.25) is 0 Å². The molecule has 0 aliphatic heterocycles. The molecule has 2 amide bonds. The zero-order valence-corrected chi connectivity index (χ0v) is 14.0. The van der Waals surface area contributed by atoms with Gasteiger partial charge in [0.25, 0.3) is 0 Å². The molecule has 1 atom stereocenters. The van der Waals surface area contributed by atoms with Crippen LogP contribution in [0, 0.1) is 5.92 Å². The molecular formula is C18H28N2O3. The average Bonchev–Trinajstić information content (AvgIpc) is 2.49. The first-order valence-corrected chi connectivity index (χ1v) is 8.50. The van der Waals surface area contributed by atoms with Gasteiger partial charge in [0.1, 0.15) is 5.75 Å². The summed E-state index contributed by atoms with van der Waals surface area (Å²) in [5, 5.41) is 14.9. The van der Waals surface area contributed by atoms with Gasteiger partial charge in [-0.25, -0.2) is 4.79 Å². The van der Waals surface area contributed by atoms with Crippen molar-refractivity contribution in [2.24, 2.45) is 5.92 Å². The number of benzene rings is 1. The number of nitrogens with one attached hydrogen (secondary N) is 2. The summed E-state index contributed by atoms with van der Waals surface area (Å²) < 4.78 is 5.97. The summed E-state index contributed by atoms with van der Waals surface area (Å²) in [4.78, 5) is 12.1. The lowest BCUT2D eigenvalue weighted by molar-refractivity contribution is 0.119. The second-order valence-corrected chi connectivity index (χ2v) is 6.47. The van der Waals surface area contributed by atoms with Crippen LogP contribution in [0.3, 0.4) is 0 Å². The lowest BCUT2D eigenvalue weighted by Crippen LogP contribution is -2.44. The Kier molecular flexibility index (Phi) is 6.71. The van der Waals surface area contributed by atoms with Crippen LogP contribution in [0.4, 0.5) is 4.79 Å². The van der Waals surface area contributed by atoms with Crippen molar-refractivity contribution in [2.75, 3.05) is 6.61 Å². The molecule has 0 bridgehead atoms. The maximum atomic E-state index is 12.1. The van der Waals surface area contributed by atoms with E-state index < -0.39 is 0 Å². The van der Waals surface area contributed by atoms with Crippen LogP contribution in [0.15, 0.2) is 24.3 Å². The van der Waals surface area contributed by atoms with Crippen molar-refractivity contribution < 1.29 is 14.6 Å². The number of carbonyl (C=O) groups is 1. The summed E-state index contributed by atoms with van der Waals surface area (Å²) in [6.45, 7) is 4.56. The predicted molar refractivity (Wildman–Crippen MR) is 90.4 cm³/mol. The molecule has 1 aliphatic carbocycles. The minimum Gasteiger partial charge on any atom is -0.490 e. The third-order valence-electron chi connectivity index (χ3n) is 4.32. The number of amides is 2.